The van der Waals surface area contributed by atoms with E-state index in [1.165, 1.54) is 11.3 Å². The highest BCUT2D eigenvalue weighted by Gasteiger charge is 2.26. The lowest BCUT2D eigenvalue weighted by Crippen LogP contribution is -2.33. The molecule has 0 saturated heterocycles. The van der Waals surface area contributed by atoms with Gasteiger partial charge in [-0.2, -0.15) is 0 Å². The van der Waals surface area contributed by atoms with Gasteiger partial charge in [0.2, 0.25) is 5.91 Å². The minimum atomic E-state index is -0.748. The summed E-state index contributed by atoms with van der Waals surface area (Å²) >= 11 is 1.25. The van der Waals surface area contributed by atoms with Gasteiger partial charge in [-0.05, 0) is 43.9 Å². The van der Waals surface area contributed by atoms with Gasteiger partial charge in [0.05, 0.1) is 11.1 Å². The number of thiophene rings is 1. The van der Waals surface area contributed by atoms with Crippen LogP contribution >= 0.6 is 11.3 Å². The molecule has 0 fully saturated rings. The monoisotopic (exact) mass is 473 g/mol. The number of anilines is 1. The summed E-state index contributed by atoms with van der Waals surface area (Å²) in [5, 5.41) is 6.02. The number of rotatable bonds is 6. The zero-order chi connectivity index (χ0) is 24.6. The third-order valence-corrected chi connectivity index (χ3v) is 7.01. The van der Waals surface area contributed by atoms with E-state index < -0.39 is 11.9 Å². The van der Waals surface area contributed by atoms with E-state index in [0.717, 1.165) is 33.2 Å². The maximum absolute atomic E-state index is 13.5. The summed E-state index contributed by atoms with van der Waals surface area (Å²) in [4.78, 5) is 38.9. The summed E-state index contributed by atoms with van der Waals surface area (Å²) in [7, 11) is 0. The number of hydrogen-bond donors (Lipinski definition) is 2. The van der Waals surface area contributed by atoms with Crippen LogP contribution in [0.15, 0.2) is 58.7 Å². The molecular formula is C27H27N3O3S. The molecular weight excluding hydrogens is 446 g/mol. The van der Waals surface area contributed by atoms with E-state index in [4.69, 9.17) is 5.73 Å². The van der Waals surface area contributed by atoms with Crippen molar-refractivity contribution >= 4 is 39.1 Å². The third kappa shape index (κ3) is 4.15. The number of primary amides is 1. The lowest BCUT2D eigenvalue weighted by molar-refractivity contribution is -0.119. The second-order valence-corrected chi connectivity index (χ2v) is 9.38. The number of para-hydroxylation sites is 1. The average molecular weight is 474 g/mol. The maximum Gasteiger partial charge on any atom is 0.252 e. The van der Waals surface area contributed by atoms with Crippen molar-refractivity contribution in [2.45, 2.75) is 40.2 Å². The Balaban J connectivity index is 1.77. The molecule has 3 N–H and O–H groups in total. The molecule has 0 aliphatic rings. The largest absolute Gasteiger partial charge is 0.365 e. The third-order valence-electron chi connectivity index (χ3n) is 6.12. The van der Waals surface area contributed by atoms with Crippen LogP contribution in [0.4, 0.5) is 5.00 Å². The fourth-order valence-corrected chi connectivity index (χ4v) is 5.35. The number of aryl methyl sites for hydroxylation is 3. The molecule has 2 aromatic heterocycles. The van der Waals surface area contributed by atoms with Gasteiger partial charge >= 0.3 is 0 Å². The van der Waals surface area contributed by atoms with Crippen molar-refractivity contribution in [3.63, 3.8) is 0 Å². The van der Waals surface area contributed by atoms with Crippen LogP contribution in [0.25, 0.3) is 22.0 Å². The van der Waals surface area contributed by atoms with Crippen LogP contribution in [0.1, 0.15) is 46.4 Å². The van der Waals surface area contributed by atoms with Gasteiger partial charge in [-0.3, -0.25) is 19.0 Å². The Bertz CT molecular complexity index is 1470. The van der Waals surface area contributed by atoms with E-state index in [1.54, 1.807) is 10.6 Å². The number of carbonyl (C=O) groups excluding carboxylic acids is 2. The molecule has 4 aromatic rings. The lowest BCUT2D eigenvalue weighted by atomic mass is 10.0. The minimum Gasteiger partial charge on any atom is -0.365 e. The molecule has 2 aromatic carbocycles. The number of carbonyl (C=O) groups is 2. The topological polar surface area (TPSA) is 94.2 Å². The van der Waals surface area contributed by atoms with Gasteiger partial charge in [-0.25, -0.2) is 0 Å². The Labute approximate surface area is 202 Å². The van der Waals surface area contributed by atoms with Crippen LogP contribution in [0.5, 0.6) is 0 Å². The van der Waals surface area contributed by atoms with Gasteiger partial charge in [-0.1, -0.05) is 55.0 Å². The molecule has 2 amide bonds. The molecule has 0 saturated carbocycles. The normalized spacial score (nSPS) is 12.0. The Hall–Kier alpha value is -3.71. The Morgan fingerprint density at radius 1 is 1.06 bits per heavy atom. The van der Waals surface area contributed by atoms with Crippen molar-refractivity contribution in [3.05, 3.63) is 86.5 Å². The molecule has 0 aliphatic carbocycles. The van der Waals surface area contributed by atoms with Gasteiger partial charge < -0.3 is 11.1 Å². The van der Waals surface area contributed by atoms with Crippen LogP contribution in [0.3, 0.4) is 0 Å². The van der Waals surface area contributed by atoms with Gasteiger partial charge in [0, 0.05) is 22.4 Å². The Morgan fingerprint density at radius 2 is 1.76 bits per heavy atom. The number of aromatic nitrogens is 1. The van der Waals surface area contributed by atoms with Crippen LogP contribution < -0.4 is 16.6 Å². The molecule has 1 atom stereocenters. The highest BCUT2D eigenvalue weighted by molar-refractivity contribution is 7.15. The Morgan fingerprint density at radius 3 is 2.41 bits per heavy atom. The number of nitrogens with zero attached hydrogens (tertiary/aromatic N) is 1. The molecule has 0 aliphatic heterocycles. The van der Waals surface area contributed by atoms with Gasteiger partial charge in [-0.15, -0.1) is 11.3 Å². The first-order valence-corrected chi connectivity index (χ1v) is 12.0. The average Bonchev–Trinajstić information content (AvgIpc) is 3.21. The summed E-state index contributed by atoms with van der Waals surface area (Å²) in [5.74, 6) is -0.980. The molecule has 34 heavy (non-hydrogen) atoms. The fraction of sp³-hybridized carbons (Fsp3) is 0.222. The highest BCUT2D eigenvalue weighted by Crippen LogP contribution is 2.36. The number of hydrogen-bond acceptors (Lipinski definition) is 4. The van der Waals surface area contributed by atoms with E-state index in [2.05, 4.69) is 5.32 Å². The van der Waals surface area contributed by atoms with E-state index in [1.807, 2.05) is 75.5 Å². The van der Waals surface area contributed by atoms with Crippen LogP contribution in [0.2, 0.25) is 0 Å². The van der Waals surface area contributed by atoms with E-state index >= 15 is 0 Å². The molecule has 7 heteroatoms. The van der Waals surface area contributed by atoms with Crippen molar-refractivity contribution in [2.75, 3.05) is 5.32 Å². The van der Waals surface area contributed by atoms with E-state index in [9.17, 15) is 14.4 Å². The number of benzene rings is 2. The van der Waals surface area contributed by atoms with Crippen molar-refractivity contribution in [3.8, 4) is 11.1 Å². The molecule has 1 unspecified atom stereocenters. The first-order valence-electron chi connectivity index (χ1n) is 11.1. The second-order valence-electron chi connectivity index (χ2n) is 8.50. The van der Waals surface area contributed by atoms with E-state index in [0.29, 0.717) is 17.0 Å². The zero-order valence-corrected chi connectivity index (χ0v) is 20.5. The standard InChI is InChI=1S/C27H27N3O3S/c1-5-21(30-22(31)13-17(4)19-8-6-7-16(3)24(19)30)26(33)29-27-23(25(28)32)20(14-34-27)18-11-9-15(2)10-12-18/h6-14,21H,5H2,1-4H3,(H2,28,32)(H,29,33). The van der Waals surface area contributed by atoms with Gasteiger partial charge in [0.15, 0.2) is 0 Å². The summed E-state index contributed by atoms with van der Waals surface area (Å²) < 4.78 is 1.56. The van der Waals surface area contributed by atoms with Crippen molar-refractivity contribution in [1.82, 2.24) is 4.57 Å². The minimum absolute atomic E-state index is 0.233. The number of amides is 2. The number of nitrogens with two attached hydrogens (primary N) is 1. The molecule has 2 heterocycles. The number of pyridine rings is 1. The van der Waals surface area contributed by atoms with Crippen molar-refractivity contribution < 1.29 is 9.59 Å². The SMILES string of the molecule is CCC(C(=O)Nc1scc(-c2ccc(C)cc2)c1C(N)=O)n1c(=O)cc(C)c2cccc(C)c21. The first-order chi connectivity index (χ1) is 16.2. The molecule has 0 spiro atoms. The Kier molecular flexibility index (Phi) is 6.39. The molecule has 0 radical (unpaired) electrons. The highest BCUT2D eigenvalue weighted by atomic mass is 32.1. The quantitative estimate of drug-likeness (QED) is 0.396. The van der Waals surface area contributed by atoms with E-state index in [-0.39, 0.29) is 17.0 Å². The molecule has 4 rings (SSSR count). The van der Waals surface area contributed by atoms with Crippen LogP contribution in [-0.4, -0.2) is 16.4 Å². The van der Waals surface area contributed by atoms with Gasteiger partial charge in [0.25, 0.3) is 11.5 Å². The first kappa shape index (κ1) is 23.4. The summed E-state index contributed by atoms with van der Waals surface area (Å²) in [6.45, 7) is 7.68. The molecule has 174 valence electrons. The van der Waals surface area contributed by atoms with Crippen molar-refractivity contribution in [1.29, 1.82) is 0 Å². The number of nitrogens with one attached hydrogen (secondary N) is 1. The summed E-state index contributed by atoms with van der Waals surface area (Å²) in [6.07, 6.45) is 0.403. The predicted octanol–water partition coefficient (Wildman–Crippen LogP) is 5.34. The smallest absolute Gasteiger partial charge is 0.252 e. The fourth-order valence-electron chi connectivity index (χ4n) is 4.37. The van der Waals surface area contributed by atoms with Crippen LogP contribution in [0, 0.1) is 20.8 Å². The van der Waals surface area contributed by atoms with Gasteiger partial charge in [0.1, 0.15) is 11.0 Å². The zero-order valence-electron chi connectivity index (χ0n) is 19.6. The van der Waals surface area contributed by atoms with Crippen LogP contribution in [-0.2, 0) is 4.79 Å². The molecule has 0 bridgehead atoms. The second kappa shape index (κ2) is 9.27. The predicted molar refractivity (Wildman–Crippen MR) is 139 cm³/mol. The van der Waals surface area contributed by atoms with Crippen molar-refractivity contribution in [2.24, 2.45) is 5.73 Å². The summed E-state index contributed by atoms with van der Waals surface area (Å²) in [5.41, 5.74) is 10.9. The maximum atomic E-state index is 13.5. The summed E-state index contributed by atoms with van der Waals surface area (Å²) in [6, 6.07) is 14.4. The number of fused-ring (bicyclic) bond motifs is 1. The molecule has 6 nitrogen and oxygen atoms in total. The lowest BCUT2D eigenvalue weighted by Gasteiger charge is -2.22.